The molecule has 0 saturated heterocycles. The lowest BCUT2D eigenvalue weighted by molar-refractivity contribution is -0.920. The van der Waals surface area contributed by atoms with Crippen LogP contribution in [0.3, 0.4) is 0 Å². The van der Waals surface area contributed by atoms with Crippen LogP contribution in [0.5, 0.6) is 0 Å². The Kier molecular flexibility index (Phi) is 4.68. The van der Waals surface area contributed by atoms with Gasteiger partial charge in [0.2, 0.25) is 0 Å². The molecule has 0 aliphatic rings. The molecule has 0 rings (SSSR count). The molecule has 0 aromatic heterocycles. The van der Waals surface area contributed by atoms with E-state index in [2.05, 4.69) is 0 Å². The minimum atomic E-state index is -1.23. The highest BCUT2D eigenvalue weighted by Crippen LogP contribution is 2.15. The van der Waals surface area contributed by atoms with Gasteiger partial charge in [-0.1, -0.05) is 0 Å². The Balaban J connectivity index is 4.97. The molecular weight excluding hydrogens is 210 g/mol. The van der Waals surface area contributed by atoms with E-state index in [1.54, 1.807) is 27.9 Å². The number of rotatable bonds is 5. The molecule has 0 spiro atoms. The Morgan fingerprint density at radius 2 is 1.75 bits per heavy atom. The third-order valence-corrected chi connectivity index (χ3v) is 3.22. The fraction of sp³-hybridized carbons (Fsp3) is 0.636. The van der Waals surface area contributed by atoms with Gasteiger partial charge in [-0.3, -0.25) is 0 Å². The smallest absolute Gasteiger partial charge is 0.362 e. The van der Waals surface area contributed by atoms with Gasteiger partial charge in [0.1, 0.15) is 6.04 Å². The average molecular weight is 229 g/mol. The molecule has 16 heavy (non-hydrogen) atoms. The van der Waals surface area contributed by atoms with E-state index in [-0.39, 0.29) is 16.1 Å². The number of quaternary nitrogens is 1. The highest BCUT2D eigenvalue weighted by molar-refractivity contribution is 5.83. The summed E-state index contributed by atoms with van der Waals surface area (Å²) in [6.45, 7) is 4.82. The Labute approximate surface area is 95.6 Å². The Morgan fingerprint density at radius 1 is 1.31 bits per heavy atom. The van der Waals surface area contributed by atoms with E-state index in [0.29, 0.717) is 0 Å². The molecule has 0 aromatic rings. The monoisotopic (exact) mass is 229 g/mol. The SMILES string of the molecule is C/C(=C\C(C)[N+](C)(C)C(C)C(=O)O)C(=O)[O-]. The van der Waals surface area contributed by atoms with Crippen LogP contribution in [0.2, 0.25) is 0 Å². The van der Waals surface area contributed by atoms with Crippen LogP contribution >= 0.6 is 0 Å². The maximum absolute atomic E-state index is 10.9. The molecule has 0 fully saturated rings. The van der Waals surface area contributed by atoms with Gasteiger partial charge in [0.25, 0.3) is 0 Å². The molecule has 2 atom stereocenters. The van der Waals surface area contributed by atoms with Crippen LogP contribution in [-0.4, -0.2) is 47.7 Å². The average Bonchev–Trinajstić information content (AvgIpc) is 2.15. The molecule has 2 unspecified atom stereocenters. The molecule has 0 amide bonds. The largest absolute Gasteiger partial charge is 0.545 e. The van der Waals surface area contributed by atoms with Gasteiger partial charge in [0.05, 0.1) is 20.1 Å². The molecule has 0 aliphatic heterocycles. The van der Waals surface area contributed by atoms with E-state index in [4.69, 9.17) is 5.11 Å². The van der Waals surface area contributed by atoms with Gasteiger partial charge in [-0.05, 0) is 32.4 Å². The second kappa shape index (κ2) is 5.12. The van der Waals surface area contributed by atoms with Gasteiger partial charge in [0, 0.05) is 0 Å². The quantitative estimate of drug-likeness (QED) is 0.515. The van der Waals surface area contributed by atoms with Crippen molar-refractivity contribution in [2.45, 2.75) is 32.9 Å². The zero-order chi connectivity index (χ0) is 13.1. The molecule has 0 heterocycles. The Bertz CT molecular complexity index is 320. The van der Waals surface area contributed by atoms with Crippen LogP contribution in [0, 0.1) is 0 Å². The van der Waals surface area contributed by atoms with Crippen molar-refractivity contribution in [1.29, 1.82) is 0 Å². The van der Waals surface area contributed by atoms with E-state index >= 15 is 0 Å². The van der Waals surface area contributed by atoms with Gasteiger partial charge in [-0.2, -0.15) is 0 Å². The summed E-state index contributed by atoms with van der Waals surface area (Å²) in [5.41, 5.74) is 0.122. The summed E-state index contributed by atoms with van der Waals surface area (Å²) in [6.07, 6.45) is 1.52. The van der Waals surface area contributed by atoms with E-state index < -0.39 is 18.0 Å². The molecule has 92 valence electrons. The van der Waals surface area contributed by atoms with E-state index in [9.17, 15) is 14.7 Å². The van der Waals surface area contributed by atoms with Crippen LogP contribution in [-0.2, 0) is 9.59 Å². The lowest BCUT2D eigenvalue weighted by Gasteiger charge is -2.38. The minimum Gasteiger partial charge on any atom is -0.545 e. The third kappa shape index (κ3) is 3.34. The van der Waals surface area contributed by atoms with Crippen molar-refractivity contribution in [3.8, 4) is 0 Å². The van der Waals surface area contributed by atoms with Crippen molar-refractivity contribution in [3.63, 3.8) is 0 Å². The topological polar surface area (TPSA) is 77.4 Å². The third-order valence-electron chi connectivity index (χ3n) is 3.22. The summed E-state index contributed by atoms with van der Waals surface area (Å²) in [5.74, 6) is -2.13. The summed E-state index contributed by atoms with van der Waals surface area (Å²) >= 11 is 0. The van der Waals surface area contributed by atoms with E-state index in [1.165, 1.54) is 13.0 Å². The summed E-state index contributed by atoms with van der Waals surface area (Å²) < 4.78 is 0.181. The van der Waals surface area contributed by atoms with Gasteiger partial charge in [-0.15, -0.1) is 0 Å². The van der Waals surface area contributed by atoms with Crippen molar-refractivity contribution in [2.75, 3.05) is 14.1 Å². The van der Waals surface area contributed by atoms with Gasteiger partial charge in [-0.25, -0.2) is 4.79 Å². The van der Waals surface area contributed by atoms with Gasteiger partial charge in [0.15, 0.2) is 6.04 Å². The maximum Gasteiger partial charge on any atom is 0.362 e. The number of hydrogen-bond donors (Lipinski definition) is 1. The van der Waals surface area contributed by atoms with E-state index in [0.717, 1.165) is 0 Å². The van der Waals surface area contributed by atoms with Crippen LogP contribution in [0.25, 0.3) is 0 Å². The molecule has 5 nitrogen and oxygen atoms in total. The molecule has 1 N–H and O–H groups in total. The normalized spacial score (nSPS) is 16.7. The van der Waals surface area contributed by atoms with Crippen LogP contribution in [0.1, 0.15) is 20.8 Å². The molecule has 0 radical (unpaired) electrons. The van der Waals surface area contributed by atoms with Crippen molar-refractivity contribution in [1.82, 2.24) is 0 Å². The zero-order valence-electron chi connectivity index (χ0n) is 10.4. The molecule has 5 heteroatoms. The van der Waals surface area contributed by atoms with Crippen molar-refractivity contribution < 1.29 is 24.3 Å². The van der Waals surface area contributed by atoms with Gasteiger partial charge >= 0.3 is 5.97 Å². The van der Waals surface area contributed by atoms with Crippen LogP contribution in [0.15, 0.2) is 11.6 Å². The Morgan fingerprint density at radius 3 is 2.06 bits per heavy atom. The maximum atomic E-state index is 10.9. The lowest BCUT2D eigenvalue weighted by Crippen LogP contribution is -2.56. The summed E-state index contributed by atoms with van der Waals surface area (Å²) in [7, 11) is 3.50. The second-order valence-electron chi connectivity index (χ2n) is 4.52. The molecule has 0 aliphatic carbocycles. The molecule has 0 bridgehead atoms. The van der Waals surface area contributed by atoms with Crippen molar-refractivity contribution in [2.24, 2.45) is 0 Å². The summed E-state index contributed by atoms with van der Waals surface area (Å²) in [5, 5.41) is 19.5. The predicted octanol–water partition coefficient (Wildman–Crippen LogP) is -0.379. The number of carboxylic acids is 2. The number of hydrogen-bond acceptors (Lipinski definition) is 3. The fourth-order valence-electron chi connectivity index (χ4n) is 1.26. The minimum absolute atomic E-state index is 0.122. The first kappa shape index (κ1) is 14.6. The number of nitrogens with zero attached hydrogens (tertiary/aromatic N) is 1. The van der Waals surface area contributed by atoms with Crippen molar-refractivity contribution >= 4 is 11.9 Å². The highest BCUT2D eigenvalue weighted by Gasteiger charge is 2.34. The summed E-state index contributed by atoms with van der Waals surface area (Å²) in [4.78, 5) is 21.5. The fourth-order valence-corrected chi connectivity index (χ4v) is 1.26. The number of carbonyl (C=O) groups excluding carboxylic acids is 1. The summed E-state index contributed by atoms with van der Waals surface area (Å²) in [6, 6.07) is -0.829. The predicted molar refractivity (Wildman–Crippen MR) is 57.4 cm³/mol. The lowest BCUT2D eigenvalue weighted by atomic mass is 10.1. The number of carboxylic acid groups (broad SMARTS) is 2. The standard InChI is InChI=1S/C11H19NO4/c1-7(10(13)14)6-8(2)12(4,5)9(3)11(15)16/h6,8-9H,1-5H3,(H-,13,14,15,16)/b7-6+. The van der Waals surface area contributed by atoms with Crippen molar-refractivity contribution in [3.05, 3.63) is 11.6 Å². The number of carbonyl (C=O) groups is 2. The number of aliphatic carboxylic acids is 2. The number of likely N-dealkylation sites (N-methyl/N-ethyl adjacent to an activating group) is 1. The van der Waals surface area contributed by atoms with E-state index in [1.807, 2.05) is 0 Å². The van der Waals surface area contributed by atoms with Crippen LogP contribution in [0.4, 0.5) is 0 Å². The molecular formula is C11H19NO4. The second-order valence-corrected chi connectivity index (χ2v) is 4.52. The first-order chi connectivity index (χ1) is 7.10. The highest BCUT2D eigenvalue weighted by atomic mass is 16.4. The van der Waals surface area contributed by atoms with Crippen LogP contribution < -0.4 is 5.11 Å². The first-order valence-corrected chi connectivity index (χ1v) is 5.06. The molecule has 0 saturated carbocycles. The Hall–Kier alpha value is -1.36. The van der Waals surface area contributed by atoms with Gasteiger partial charge < -0.3 is 19.5 Å². The first-order valence-electron chi connectivity index (χ1n) is 5.06. The zero-order valence-corrected chi connectivity index (χ0v) is 10.4. The molecule has 0 aromatic carbocycles.